The number of nitrogens with zero attached hydrogens (tertiary/aromatic N) is 1. The van der Waals surface area contributed by atoms with Gasteiger partial charge < -0.3 is 19.5 Å². The molecule has 0 radical (unpaired) electrons. The van der Waals surface area contributed by atoms with E-state index < -0.39 is 0 Å². The number of aromatic nitrogens is 1. The van der Waals surface area contributed by atoms with Gasteiger partial charge in [-0.3, -0.25) is 10.1 Å². The number of ether oxygens (including phenoxy) is 3. The number of carbonyl (C=O) groups excluding carboxylic acids is 1. The largest absolute Gasteiger partial charge is 0.496 e. The molecule has 2 N–H and O–H groups in total. The zero-order chi connectivity index (χ0) is 20.8. The zero-order valence-electron chi connectivity index (χ0n) is 16.0. The molecular formula is C20H19N3O4S2. The van der Waals surface area contributed by atoms with E-state index in [0.29, 0.717) is 27.9 Å². The summed E-state index contributed by atoms with van der Waals surface area (Å²) in [6.07, 6.45) is 0. The molecule has 7 nitrogen and oxygen atoms in total. The number of thiocarbonyl (C=S) groups is 1. The third kappa shape index (κ3) is 4.82. The molecule has 0 atom stereocenters. The molecule has 0 fully saturated rings. The van der Waals surface area contributed by atoms with E-state index in [-0.39, 0.29) is 11.0 Å². The van der Waals surface area contributed by atoms with Gasteiger partial charge in [-0.2, -0.15) is 0 Å². The van der Waals surface area contributed by atoms with Crippen molar-refractivity contribution < 1.29 is 19.0 Å². The van der Waals surface area contributed by atoms with Crippen molar-refractivity contribution in [3.05, 3.63) is 53.4 Å². The number of carbonyl (C=O) groups is 1. The van der Waals surface area contributed by atoms with E-state index in [1.807, 2.05) is 23.6 Å². The van der Waals surface area contributed by atoms with Gasteiger partial charge in [0.05, 0.1) is 32.6 Å². The van der Waals surface area contributed by atoms with Crippen LogP contribution in [0.15, 0.2) is 47.8 Å². The Balaban J connectivity index is 1.68. The first-order valence-electron chi connectivity index (χ1n) is 8.49. The van der Waals surface area contributed by atoms with Crippen molar-refractivity contribution in [2.75, 3.05) is 26.6 Å². The summed E-state index contributed by atoms with van der Waals surface area (Å²) in [4.78, 5) is 16.9. The highest BCUT2D eigenvalue weighted by molar-refractivity contribution is 7.80. The van der Waals surface area contributed by atoms with E-state index in [1.165, 1.54) is 18.4 Å². The number of benzene rings is 2. The van der Waals surface area contributed by atoms with Crippen LogP contribution < -0.4 is 24.8 Å². The first kappa shape index (κ1) is 20.6. The quantitative estimate of drug-likeness (QED) is 0.574. The second-order valence-corrected chi connectivity index (χ2v) is 6.98. The number of methoxy groups -OCH3 is 3. The fraction of sp³-hybridized carbons (Fsp3) is 0.150. The minimum Gasteiger partial charge on any atom is -0.496 e. The van der Waals surface area contributed by atoms with Crippen LogP contribution in [0.4, 0.5) is 5.13 Å². The SMILES string of the molecule is COc1ccc(-c2csc(NC(=S)NC(=O)c3ccccc3OC)n2)cc1OC. The molecule has 3 aromatic rings. The summed E-state index contributed by atoms with van der Waals surface area (Å²) in [6, 6.07) is 12.5. The highest BCUT2D eigenvalue weighted by Gasteiger charge is 2.14. The van der Waals surface area contributed by atoms with Crippen molar-refractivity contribution in [3.63, 3.8) is 0 Å². The van der Waals surface area contributed by atoms with E-state index >= 15 is 0 Å². The third-order valence-electron chi connectivity index (χ3n) is 3.98. The first-order chi connectivity index (χ1) is 14.0. The van der Waals surface area contributed by atoms with E-state index in [1.54, 1.807) is 38.5 Å². The van der Waals surface area contributed by atoms with Gasteiger partial charge in [0.2, 0.25) is 0 Å². The minimum absolute atomic E-state index is 0.147. The lowest BCUT2D eigenvalue weighted by Crippen LogP contribution is -2.34. The average Bonchev–Trinajstić information content (AvgIpc) is 3.21. The summed E-state index contributed by atoms with van der Waals surface area (Å²) in [7, 11) is 4.68. The molecule has 0 aliphatic heterocycles. The maximum Gasteiger partial charge on any atom is 0.261 e. The van der Waals surface area contributed by atoms with Crippen molar-refractivity contribution in [1.82, 2.24) is 10.3 Å². The standard InChI is InChI=1S/C20H19N3O4S2/c1-25-15-7-5-4-6-13(15)18(24)22-19(28)23-20-21-14(11-29-20)12-8-9-16(26-2)17(10-12)27-3/h4-11H,1-3H3,(H2,21,22,23,24,28). The molecule has 0 bridgehead atoms. The molecular weight excluding hydrogens is 410 g/mol. The summed E-state index contributed by atoms with van der Waals surface area (Å²) in [5.41, 5.74) is 2.01. The Morgan fingerprint density at radius 3 is 2.45 bits per heavy atom. The van der Waals surface area contributed by atoms with E-state index in [0.717, 1.165) is 11.3 Å². The lowest BCUT2D eigenvalue weighted by atomic mass is 10.1. The van der Waals surface area contributed by atoms with Crippen molar-refractivity contribution in [1.29, 1.82) is 0 Å². The summed E-state index contributed by atoms with van der Waals surface area (Å²) >= 11 is 6.61. The zero-order valence-corrected chi connectivity index (χ0v) is 17.6. The van der Waals surface area contributed by atoms with Crippen molar-refractivity contribution in [2.45, 2.75) is 0 Å². The minimum atomic E-state index is -0.364. The number of para-hydroxylation sites is 1. The van der Waals surface area contributed by atoms with Crippen LogP contribution in [0.2, 0.25) is 0 Å². The van der Waals surface area contributed by atoms with Crippen LogP contribution in [0.1, 0.15) is 10.4 Å². The van der Waals surface area contributed by atoms with Crippen LogP contribution in [-0.4, -0.2) is 37.3 Å². The summed E-state index contributed by atoms with van der Waals surface area (Å²) < 4.78 is 15.8. The predicted molar refractivity (Wildman–Crippen MR) is 117 cm³/mol. The summed E-state index contributed by atoms with van der Waals surface area (Å²) in [5, 5.41) is 8.15. The normalized spacial score (nSPS) is 10.2. The van der Waals surface area contributed by atoms with Gasteiger partial charge in [-0.1, -0.05) is 12.1 Å². The topological polar surface area (TPSA) is 81.7 Å². The van der Waals surface area contributed by atoms with Crippen LogP contribution >= 0.6 is 23.6 Å². The summed E-state index contributed by atoms with van der Waals surface area (Å²) in [6.45, 7) is 0. The van der Waals surface area contributed by atoms with Crippen LogP contribution in [-0.2, 0) is 0 Å². The fourth-order valence-electron chi connectivity index (χ4n) is 2.59. The van der Waals surface area contributed by atoms with Crippen LogP contribution in [0.25, 0.3) is 11.3 Å². The van der Waals surface area contributed by atoms with Gasteiger partial charge in [0.25, 0.3) is 5.91 Å². The van der Waals surface area contributed by atoms with Gasteiger partial charge >= 0.3 is 0 Å². The monoisotopic (exact) mass is 429 g/mol. The molecule has 1 amide bonds. The number of hydrogen-bond acceptors (Lipinski definition) is 7. The Hall–Kier alpha value is -3.17. The molecule has 3 rings (SSSR count). The van der Waals surface area contributed by atoms with Crippen LogP contribution in [0.5, 0.6) is 17.2 Å². The van der Waals surface area contributed by atoms with E-state index in [2.05, 4.69) is 15.6 Å². The molecule has 2 aromatic carbocycles. The molecule has 0 aliphatic rings. The fourth-order valence-corrected chi connectivity index (χ4v) is 3.57. The molecule has 0 spiro atoms. The van der Waals surface area contributed by atoms with Gasteiger partial charge in [0, 0.05) is 10.9 Å². The highest BCUT2D eigenvalue weighted by atomic mass is 32.1. The van der Waals surface area contributed by atoms with Gasteiger partial charge in [-0.15, -0.1) is 11.3 Å². The molecule has 1 aromatic heterocycles. The van der Waals surface area contributed by atoms with E-state index in [4.69, 9.17) is 26.4 Å². The number of hydrogen-bond donors (Lipinski definition) is 2. The van der Waals surface area contributed by atoms with E-state index in [9.17, 15) is 4.79 Å². The van der Waals surface area contributed by atoms with Gasteiger partial charge in [0.15, 0.2) is 21.7 Å². The molecule has 0 unspecified atom stereocenters. The molecule has 0 saturated carbocycles. The molecule has 0 saturated heterocycles. The Morgan fingerprint density at radius 2 is 1.72 bits per heavy atom. The van der Waals surface area contributed by atoms with Crippen LogP contribution in [0.3, 0.4) is 0 Å². The molecule has 150 valence electrons. The Kier molecular flexibility index (Phi) is 6.63. The number of anilines is 1. The lowest BCUT2D eigenvalue weighted by molar-refractivity contribution is 0.0975. The molecule has 29 heavy (non-hydrogen) atoms. The summed E-state index contributed by atoms with van der Waals surface area (Å²) in [5.74, 6) is 1.37. The Labute approximate surface area is 177 Å². The van der Waals surface area contributed by atoms with Crippen molar-refractivity contribution in [3.8, 4) is 28.5 Å². The first-order valence-corrected chi connectivity index (χ1v) is 9.77. The number of thiazole rings is 1. The van der Waals surface area contributed by atoms with Gasteiger partial charge in [-0.05, 0) is 42.5 Å². The molecule has 1 heterocycles. The maximum atomic E-state index is 12.4. The smallest absolute Gasteiger partial charge is 0.261 e. The Morgan fingerprint density at radius 1 is 1.00 bits per heavy atom. The van der Waals surface area contributed by atoms with Crippen molar-refractivity contribution >= 4 is 39.7 Å². The predicted octanol–water partition coefficient (Wildman–Crippen LogP) is 3.96. The number of nitrogens with one attached hydrogen (secondary N) is 2. The Bertz CT molecular complexity index is 1040. The average molecular weight is 430 g/mol. The lowest BCUT2D eigenvalue weighted by Gasteiger charge is -2.10. The second-order valence-electron chi connectivity index (χ2n) is 5.72. The van der Waals surface area contributed by atoms with Gasteiger partial charge in [-0.25, -0.2) is 4.98 Å². The number of amides is 1. The van der Waals surface area contributed by atoms with Crippen molar-refractivity contribution in [2.24, 2.45) is 0 Å². The second kappa shape index (κ2) is 9.35. The van der Waals surface area contributed by atoms with Crippen LogP contribution in [0, 0.1) is 0 Å². The third-order valence-corrected chi connectivity index (χ3v) is 4.94. The maximum absolute atomic E-state index is 12.4. The molecule has 9 heteroatoms. The van der Waals surface area contributed by atoms with Gasteiger partial charge in [0.1, 0.15) is 5.75 Å². The molecule has 0 aliphatic carbocycles. The highest BCUT2D eigenvalue weighted by Crippen LogP contribution is 2.33. The number of rotatable bonds is 6.